The molecule has 1 aliphatic rings. The zero-order valence-corrected chi connectivity index (χ0v) is 20.4. The number of ether oxygens (including phenoxy) is 2. The molecule has 1 aliphatic heterocycles. The fraction of sp³-hybridized carbons (Fsp3) is 0.333. The molecule has 0 aliphatic carbocycles. The molecule has 2 aromatic rings. The molecule has 0 saturated carbocycles. The minimum Gasteiger partial charge on any atom is -0.525 e. The molecule has 3 rings (SSSR count). The highest BCUT2D eigenvalue weighted by Gasteiger charge is 2.24. The number of rotatable bonds is 10. The van der Waals surface area contributed by atoms with Crippen molar-refractivity contribution in [3.63, 3.8) is 0 Å². The molecule has 1 atom stereocenters. The van der Waals surface area contributed by atoms with E-state index in [0.29, 0.717) is 6.61 Å². The molecule has 0 radical (unpaired) electrons. The van der Waals surface area contributed by atoms with Gasteiger partial charge in [-0.05, 0) is 35.4 Å². The average molecular weight is 407 g/mol. The Hall–Kier alpha value is -1.43. The van der Waals surface area contributed by atoms with Crippen molar-refractivity contribution in [3.8, 4) is 11.5 Å². The SMILES string of the molecule is CC(C)(c1ccc(OCC2CO2)cc1)c1ccc(O[SiH2]O[SiH2]O[SiH3])cc1. The van der Waals surface area contributed by atoms with Gasteiger partial charge in [0.25, 0.3) is 10.0 Å². The number of hydrogen-bond acceptors (Lipinski definition) is 5. The van der Waals surface area contributed by atoms with Crippen molar-refractivity contribution in [3.05, 3.63) is 59.7 Å². The van der Waals surface area contributed by atoms with Crippen LogP contribution in [0, 0.1) is 0 Å². The topological polar surface area (TPSA) is 49.5 Å². The van der Waals surface area contributed by atoms with Crippen LogP contribution in [0.4, 0.5) is 0 Å². The second kappa shape index (κ2) is 8.98. The van der Waals surface area contributed by atoms with E-state index in [0.717, 1.165) is 28.6 Å². The maximum Gasteiger partial charge on any atom is 0.356 e. The third-order valence-corrected chi connectivity index (χ3v) is 7.23. The molecule has 5 nitrogen and oxygen atoms in total. The monoisotopic (exact) mass is 406 g/mol. The Morgan fingerprint density at radius 1 is 1.00 bits per heavy atom. The Morgan fingerprint density at radius 3 is 2.12 bits per heavy atom. The van der Waals surface area contributed by atoms with Gasteiger partial charge in [0.1, 0.15) is 34.7 Å². The zero-order valence-electron chi connectivity index (χ0n) is 15.6. The lowest BCUT2D eigenvalue weighted by Crippen LogP contribution is -2.19. The van der Waals surface area contributed by atoms with Crippen LogP contribution in [-0.2, 0) is 18.4 Å². The smallest absolute Gasteiger partial charge is 0.356 e. The maximum atomic E-state index is 5.72. The average Bonchev–Trinajstić information content (AvgIpc) is 3.49. The largest absolute Gasteiger partial charge is 0.525 e. The summed E-state index contributed by atoms with van der Waals surface area (Å²) in [5, 5.41) is 0. The van der Waals surface area contributed by atoms with Crippen molar-refractivity contribution in [2.75, 3.05) is 13.2 Å². The lowest BCUT2D eigenvalue weighted by Gasteiger charge is -2.26. The van der Waals surface area contributed by atoms with Gasteiger partial charge in [0.05, 0.1) is 6.61 Å². The molecule has 26 heavy (non-hydrogen) atoms. The van der Waals surface area contributed by atoms with Crippen LogP contribution in [0.1, 0.15) is 25.0 Å². The normalized spacial score (nSPS) is 17.4. The van der Waals surface area contributed by atoms with E-state index in [1.54, 1.807) is 0 Å². The number of hydrogen-bond donors (Lipinski definition) is 0. The van der Waals surface area contributed by atoms with Gasteiger partial charge in [-0.25, -0.2) is 0 Å². The Balaban J connectivity index is 1.60. The van der Waals surface area contributed by atoms with Crippen molar-refractivity contribution >= 4 is 30.5 Å². The molecule has 1 unspecified atom stereocenters. The summed E-state index contributed by atoms with van der Waals surface area (Å²) >= 11 is 0. The van der Waals surface area contributed by atoms with E-state index in [2.05, 4.69) is 38.1 Å². The number of benzene rings is 2. The quantitative estimate of drug-likeness (QED) is 0.326. The zero-order chi connectivity index (χ0) is 18.4. The highest BCUT2D eigenvalue weighted by atomic mass is 28.4. The molecule has 0 amide bonds. The Kier molecular flexibility index (Phi) is 6.68. The second-order valence-corrected chi connectivity index (χ2v) is 11.5. The molecular formula is C18H26O5Si3. The third kappa shape index (κ3) is 5.29. The predicted molar refractivity (Wildman–Crippen MR) is 110 cm³/mol. The van der Waals surface area contributed by atoms with Crippen LogP contribution in [0.5, 0.6) is 11.5 Å². The molecule has 8 heteroatoms. The Morgan fingerprint density at radius 2 is 1.58 bits per heavy atom. The van der Waals surface area contributed by atoms with Crippen LogP contribution >= 0.6 is 0 Å². The van der Waals surface area contributed by atoms with Gasteiger partial charge >= 0.3 is 10.0 Å². The first-order valence-electron chi connectivity index (χ1n) is 8.74. The standard InChI is InChI=1S/C18H26O5Si3/c1-18(2,13-3-7-15(8-4-13)19-11-17-12-20-17)14-5-9-16(10-6-14)21-25-23-26-22-24/h3-10,17H,11-12,25-26H2,1-2,24H3. The summed E-state index contributed by atoms with van der Waals surface area (Å²) in [5.41, 5.74) is 2.39. The first-order valence-corrected chi connectivity index (χ1v) is 11.9. The maximum absolute atomic E-state index is 5.72. The summed E-state index contributed by atoms with van der Waals surface area (Å²) in [7, 11) is -1.01. The molecular weight excluding hydrogens is 380 g/mol. The predicted octanol–water partition coefficient (Wildman–Crippen LogP) is 0.480. The van der Waals surface area contributed by atoms with Crippen molar-refractivity contribution in [2.24, 2.45) is 0 Å². The first kappa shape index (κ1) is 19.3. The van der Waals surface area contributed by atoms with Crippen LogP contribution in [0.3, 0.4) is 0 Å². The van der Waals surface area contributed by atoms with E-state index in [9.17, 15) is 0 Å². The van der Waals surface area contributed by atoms with Crippen molar-refractivity contribution in [1.29, 1.82) is 0 Å². The molecule has 0 N–H and O–H groups in total. The van der Waals surface area contributed by atoms with Gasteiger partial charge < -0.3 is 22.1 Å². The lowest BCUT2D eigenvalue weighted by molar-refractivity contribution is 0.263. The summed E-state index contributed by atoms with van der Waals surface area (Å²) in [6.07, 6.45) is 0.277. The lowest BCUT2D eigenvalue weighted by atomic mass is 9.78. The van der Waals surface area contributed by atoms with Gasteiger partial charge in [-0.1, -0.05) is 38.1 Å². The van der Waals surface area contributed by atoms with Gasteiger partial charge in [-0.3, -0.25) is 0 Å². The molecule has 1 saturated heterocycles. The highest BCUT2D eigenvalue weighted by Crippen LogP contribution is 2.33. The molecule has 1 heterocycles. The summed E-state index contributed by atoms with van der Waals surface area (Å²) in [6, 6.07) is 16.6. The van der Waals surface area contributed by atoms with Gasteiger partial charge in [0.2, 0.25) is 0 Å². The van der Waals surface area contributed by atoms with Crippen LogP contribution in [0.25, 0.3) is 0 Å². The van der Waals surface area contributed by atoms with Crippen LogP contribution in [0.2, 0.25) is 0 Å². The third-order valence-electron chi connectivity index (χ3n) is 4.50. The minimum absolute atomic E-state index is 0.0990. The van der Waals surface area contributed by atoms with E-state index in [4.69, 9.17) is 22.1 Å². The molecule has 140 valence electrons. The van der Waals surface area contributed by atoms with E-state index < -0.39 is 20.0 Å². The van der Waals surface area contributed by atoms with Gasteiger partial charge in [0.15, 0.2) is 0 Å². The van der Waals surface area contributed by atoms with Crippen LogP contribution in [0.15, 0.2) is 48.5 Å². The van der Waals surface area contributed by atoms with E-state index in [-0.39, 0.29) is 11.5 Å². The molecule has 1 fully saturated rings. The second-order valence-electron chi connectivity index (χ2n) is 6.81. The van der Waals surface area contributed by atoms with Crippen molar-refractivity contribution < 1.29 is 22.1 Å². The molecule has 2 aromatic carbocycles. The van der Waals surface area contributed by atoms with Crippen molar-refractivity contribution in [1.82, 2.24) is 0 Å². The van der Waals surface area contributed by atoms with Crippen molar-refractivity contribution in [2.45, 2.75) is 25.4 Å². The Labute approximate surface area is 162 Å². The van der Waals surface area contributed by atoms with E-state index >= 15 is 0 Å². The van der Waals surface area contributed by atoms with Crippen LogP contribution in [-0.4, -0.2) is 49.8 Å². The summed E-state index contributed by atoms with van der Waals surface area (Å²) in [6.45, 7) is 5.90. The van der Waals surface area contributed by atoms with Gasteiger partial charge in [-0.2, -0.15) is 0 Å². The van der Waals surface area contributed by atoms with Gasteiger partial charge in [0, 0.05) is 5.41 Å². The highest BCUT2D eigenvalue weighted by molar-refractivity contribution is 6.38. The summed E-state index contributed by atoms with van der Waals surface area (Å²) < 4.78 is 27.2. The molecule has 0 spiro atoms. The summed E-state index contributed by atoms with van der Waals surface area (Å²) in [5.74, 6) is 1.75. The molecule has 0 bridgehead atoms. The van der Waals surface area contributed by atoms with Crippen LogP contribution < -0.4 is 9.16 Å². The van der Waals surface area contributed by atoms with E-state index in [1.165, 1.54) is 11.1 Å². The summed E-state index contributed by atoms with van der Waals surface area (Å²) in [4.78, 5) is 0. The fourth-order valence-corrected chi connectivity index (χ4v) is 5.78. The minimum atomic E-state index is -0.970. The van der Waals surface area contributed by atoms with E-state index in [1.807, 2.05) is 24.3 Å². The number of epoxide rings is 1. The fourth-order valence-electron chi connectivity index (χ4n) is 2.68. The Bertz CT molecular complexity index is 687. The first-order chi connectivity index (χ1) is 12.6. The van der Waals surface area contributed by atoms with Gasteiger partial charge in [-0.15, -0.1) is 0 Å². The molecule has 0 aromatic heterocycles.